The van der Waals surface area contributed by atoms with E-state index in [1.807, 2.05) is 42.5 Å². The molecule has 0 saturated carbocycles. The van der Waals surface area contributed by atoms with E-state index in [9.17, 15) is 9.18 Å². The van der Waals surface area contributed by atoms with Gasteiger partial charge in [0.05, 0.1) is 10.8 Å². The molecule has 7 heteroatoms. The van der Waals surface area contributed by atoms with Crippen molar-refractivity contribution in [2.75, 3.05) is 5.32 Å². The van der Waals surface area contributed by atoms with E-state index in [-0.39, 0.29) is 22.6 Å². The van der Waals surface area contributed by atoms with Gasteiger partial charge in [0.15, 0.2) is 0 Å². The van der Waals surface area contributed by atoms with Crippen LogP contribution < -0.4 is 5.32 Å². The van der Waals surface area contributed by atoms with Crippen LogP contribution in [0.15, 0.2) is 76.4 Å². The third-order valence-corrected chi connectivity index (χ3v) is 5.14. The summed E-state index contributed by atoms with van der Waals surface area (Å²) in [7, 11) is 0. The molecule has 1 N–H and O–H groups in total. The van der Waals surface area contributed by atoms with Crippen molar-refractivity contribution in [2.45, 2.75) is 17.4 Å². The van der Waals surface area contributed by atoms with Crippen LogP contribution in [0.4, 0.5) is 10.1 Å². The van der Waals surface area contributed by atoms with Gasteiger partial charge in [-0.15, -0.1) is 10.2 Å². The summed E-state index contributed by atoms with van der Waals surface area (Å²) in [6, 6.07) is 19.8. The predicted molar refractivity (Wildman–Crippen MR) is 108 cm³/mol. The summed E-state index contributed by atoms with van der Waals surface area (Å²) in [5, 5.41) is 12.5. The maximum absolute atomic E-state index is 13.8. The Balaban J connectivity index is 1.47. The summed E-state index contributed by atoms with van der Waals surface area (Å²) >= 11 is 1.12. The van der Waals surface area contributed by atoms with Crippen LogP contribution in [0.5, 0.6) is 0 Å². The second kappa shape index (κ2) is 7.82. The number of hydrogen-bond donors (Lipinski definition) is 1. The number of carbonyl (C=O) groups excluding carboxylic acids is 1. The molecule has 0 aliphatic carbocycles. The number of halogens is 1. The number of thioether (sulfide) groups is 1. The zero-order valence-corrected chi connectivity index (χ0v) is 15.7. The van der Waals surface area contributed by atoms with Gasteiger partial charge < -0.3 is 9.73 Å². The van der Waals surface area contributed by atoms with Crippen LogP contribution in [0.25, 0.3) is 22.2 Å². The molecule has 4 rings (SSSR count). The van der Waals surface area contributed by atoms with Crippen LogP contribution in [0.1, 0.15) is 6.92 Å². The number of benzene rings is 3. The average molecular weight is 393 g/mol. The minimum absolute atomic E-state index is 0.0854. The summed E-state index contributed by atoms with van der Waals surface area (Å²) in [6.45, 7) is 1.75. The van der Waals surface area contributed by atoms with E-state index >= 15 is 0 Å². The summed E-state index contributed by atoms with van der Waals surface area (Å²) in [4.78, 5) is 12.6. The fourth-order valence-corrected chi connectivity index (χ4v) is 3.46. The summed E-state index contributed by atoms with van der Waals surface area (Å²) in [6.07, 6.45) is 0. The lowest BCUT2D eigenvalue weighted by Crippen LogP contribution is -2.22. The molecule has 1 heterocycles. The maximum atomic E-state index is 13.8. The lowest BCUT2D eigenvalue weighted by Gasteiger charge is -2.12. The molecular weight excluding hydrogens is 377 g/mol. The molecule has 1 atom stereocenters. The van der Waals surface area contributed by atoms with E-state index < -0.39 is 11.1 Å². The molecule has 0 spiro atoms. The van der Waals surface area contributed by atoms with E-state index in [0.717, 1.165) is 28.2 Å². The van der Waals surface area contributed by atoms with Crippen LogP contribution >= 0.6 is 11.8 Å². The van der Waals surface area contributed by atoms with E-state index in [4.69, 9.17) is 4.42 Å². The molecular formula is C21H16FN3O2S. The number of hydrogen-bond acceptors (Lipinski definition) is 5. The SMILES string of the molecule is C[C@H](Sc1nnc(-c2ccccc2F)o1)C(=O)Nc1cccc2ccccc12. The first-order valence-electron chi connectivity index (χ1n) is 8.65. The molecule has 4 aromatic rings. The highest BCUT2D eigenvalue weighted by molar-refractivity contribution is 8.00. The fraction of sp³-hybridized carbons (Fsp3) is 0.0952. The van der Waals surface area contributed by atoms with Crippen molar-refractivity contribution in [2.24, 2.45) is 0 Å². The van der Waals surface area contributed by atoms with Gasteiger partial charge in [-0.05, 0) is 30.5 Å². The molecule has 0 saturated heterocycles. The Morgan fingerprint density at radius 3 is 2.64 bits per heavy atom. The maximum Gasteiger partial charge on any atom is 0.277 e. The summed E-state index contributed by atoms with van der Waals surface area (Å²) in [5.41, 5.74) is 0.975. The quantitative estimate of drug-likeness (QED) is 0.475. The highest BCUT2D eigenvalue weighted by Crippen LogP contribution is 2.29. The number of carbonyl (C=O) groups is 1. The van der Waals surface area contributed by atoms with Gasteiger partial charge in [-0.2, -0.15) is 0 Å². The molecule has 140 valence electrons. The molecule has 3 aromatic carbocycles. The Kier molecular flexibility index (Phi) is 5.08. The van der Waals surface area contributed by atoms with Gasteiger partial charge in [0, 0.05) is 11.1 Å². The molecule has 0 aliphatic rings. The third kappa shape index (κ3) is 3.75. The number of nitrogens with zero attached hydrogens (tertiary/aromatic N) is 2. The van der Waals surface area contributed by atoms with Gasteiger partial charge in [-0.25, -0.2) is 4.39 Å². The first kappa shape index (κ1) is 18.2. The van der Waals surface area contributed by atoms with Crippen molar-refractivity contribution < 1.29 is 13.6 Å². The Morgan fingerprint density at radius 2 is 1.79 bits per heavy atom. The summed E-state index contributed by atoms with van der Waals surface area (Å²) < 4.78 is 19.4. The molecule has 0 unspecified atom stereocenters. The fourth-order valence-electron chi connectivity index (χ4n) is 2.77. The first-order valence-corrected chi connectivity index (χ1v) is 9.53. The van der Waals surface area contributed by atoms with Gasteiger partial charge in [0.25, 0.3) is 11.1 Å². The van der Waals surface area contributed by atoms with Crippen molar-refractivity contribution >= 4 is 34.1 Å². The zero-order valence-electron chi connectivity index (χ0n) is 14.9. The molecule has 28 heavy (non-hydrogen) atoms. The van der Waals surface area contributed by atoms with Crippen LogP contribution in [0.3, 0.4) is 0 Å². The lowest BCUT2D eigenvalue weighted by atomic mass is 10.1. The molecule has 0 bridgehead atoms. The van der Waals surface area contributed by atoms with Crippen LogP contribution in [0, 0.1) is 5.82 Å². The number of rotatable bonds is 5. The molecule has 0 fully saturated rings. The second-order valence-electron chi connectivity index (χ2n) is 6.13. The van der Waals surface area contributed by atoms with E-state index in [1.54, 1.807) is 25.1 Å². The molecule has 1 aromatic heterocycles. The van der Waals surface area contributed by atoms with Crippen molar-refractivity contribution in [1.29, 1.82) is 0 Å². The topological polar surface area (TPSA) is 68.0 Å². The minimum atomic E-state index is -0.479. The number of aromatic nitrogens is 2. The van der Waals surface area contributed by atoms with E-state index in [1.165, 1.54) is 6.07 Å². The zero-order chi connectivity index (χ0) is 19.5. The standard InChI is InChI=1S/C21H16FN3O2S/c1-13(19(26)23-18-12-6-8-14-7-2-3-9-15(14)18)28-21-25-24-20(27-21)16-10-4-5-11-17(16)22/h2-13H,1H3,(H,23,26)/t13-/m0/s1. The van der Waals surface area contributed by atoms with Gasteiger partial charge in [0.1, 0.15) is 5.82 Å². The van der Waals surface area contributed by atoms with Gasteiger partial charge in [-0.3, -0.25) is 4.79 Å². The van der Waals surface area contributed by atoms with E-state index in [2.05, 4.69) is 15.5 Å². The summed E-state index contributed by atoms with van der Waals surface area (Å²) in [5.74, 6) is -0.543. The Labute approximate surface area is 165 Å². The van der Waals surface area contributed by atoms with E-state index in [0.29, 0.717) is 0 Å². The van der Waals surface area contributed by atoms with Gasteiger partial charge in [-0.1, -0.05) is 60.3 Å². The largest absolute Gasteiger partial charge is 0.411 e. The van der Waals surface area contributed by atoms with Gasteiger partial charge in [0.2, 0.25) is 5.91 Å². The molecule has 0 radical (unpaired) electrons. The van der Waals surface area contributed by atoms with Crippen LogP contribution in [-0.4, -0.2) is 21.4 Å². The predicted octanol–water partition coefficient (Wildman–Crippen LogP) is 5.15. The Morgan fingerprint density at radius 1 is 1.04 bits per heavy atom. The van der Waals surface area contributed by atoms with Crippen LogP contribution in [0.2, 0.25) is 0 Å². The van der Waals surface area contributed by atoms with Crippen molar-refractivity contribution in [3.8, 4) is 11.5 Å². The number of nitrogens with one attached hydrogen (secondary N) is 1. The number of anilines is 1. The number of amides is 1. The highest BCUT2D eigenvalue weighted by Gasteiger charge is 2.20. The first-order chi connectivity index (χ1) is 13.6. The number of fused-ring (bicyclic) bond motifs is 1. The van der Waals surface area contributed by atoms with Crippen LogP contribution in [-0.2, 0) is 4.79 Å². The van der Waals surface area contributed by atoms with Gasteiger partial charge >= 0.3 is 0 Å². The third-order valence-electron chi connectivity index (χ3n) is 4.21. The van der Waals surface area contributed by atoms with Crippen molar-refractivity contribution in [1.82, 2.24) is 10.2 Å². The van der Waals surface area contributed by atoms with Crippen molar-refractivity contribution in [3.05, 3.63) is 72.5 Å². The normalized spacial score (nSPS) is 12.1. The average Bonchev–Trinajstić information content (AvgIpc) is 3.16. The second-order valence-corrected chi connectivity index (χ2v) is 7.42. The molecule has 1 amide bonds. The molecule has 0 aliphatic heterocycles. The monoisotopic (exact) mass is 393 g/mol. The lowest BCUT2D eigenvalue weighted by molar-refractivity contribution is -0.115. The highest BCUT2D eigenvalue weighted by atomic mass is 32.2. The Hall–Kier alpha value is -3.19. The smallest absolute Gasteiger partial charge is 0.277 e. The van der Waals surface area contributed by atoms with Crippen molar-refractivity contribution in [3.63, 3.8) is 0 Å². The minimum Gasteiger partial charge on any atom is -0.411 e. The Bertz CT molecular complexity index is 1140. The molecule has 5 nitrogen and oxygen atoms in total.